The Hall–Kier alpha value is -1.71. The predicted octanol–water partition coefficient (Wildman–Crippen LogP) is 2.54. The molecular formula is C14H20N2O2. The van der Waals surface area contributed by atoms with Gasteiger partial charge in [0.1, 0.15) is 12.4 Å². The number of benzene rings is 1. The third kappa shape index (κ3) is 2.28. The number of anilines is 1. The number of rotatable bonds is 4. The second kappa shape index (κ2) is 5.29. The molecule has 0 aliphatic carbocycles. The first kappa shape index (κ1) is 12.7. The third-order valence-electron chi connectivity index (χ3n) is 3.17. The first-order chi connectivity index (χ1) is 8.67. The van der Waals surface area contributed by atoms with Crippen molar-refractivity contribution >= 4 is 11.6 Å². The summed E-state index contributed by atoms with van der Waals surface area (Å²) in [4.78, 5) is 4.64. The van der Waals surface area contributed by atoms with Crippen LogP contribution in [0.1, 0.15) is 19.4 Å². The molecule has 1 heterocycles. The highest BCUT2D eigenvalue weighted by Gasteiger charge is 2.25. The number of ether oxygens (including phenoxy) is 2. The minimum absolute atomic E-state index is 0.246. The highest BCUT2D eigenvalue weighted by Crippen LogP contribution is 2.30. The van der Waals surface area contributed by atoms with Gasteiger partial charge in [0.15, 0.2) is 0 Å². The van der Waals surface area contributed by atoms with Crippen LogP contribution in [-0.4, -0.2) is 32.7 Å². The van der Waals surface area contributed by atoms with Crippen molar-refractivity contribution in [1.82, 2.24) is 0 Å². The number of hydrogen-bond acceptors (Lipinski definition) is 4. The van der Waals surface area contributed by atoms with Gasteiger partial charge in [-0.25, -0.2) is 4.99 Å². The van der Waals surface area contributed by atoms with E-state index < -0.39 is 0 Å². The molecule has 2 rings (SSSR count). The van der Waals surface area contributed by atoms with Crippen LogP contribution in [0.4, 0.5) is 5.69 Å². The lowest BCUT2D eigenvalue weighted by Crippen LogP contribution is -2.13. The second-order valence-electron chi connectivity index (χ2n) is 4.69. The summed E-state index contributed by atoms with van der Waals surface area (Å²) < 4.78 is 11.0. The molecule has 1 aliphatic heterocycles. The van der Waals surface area contributed by atoms with E-state index in [0.29, 0.717) is 18.4 Å². The number of methoxy groups -OCH3 is 1. The Balaban J connectivity index is 2.37. The molecule has 4 nitrogen and oxygen atoms in total. The first-order valence-electron chi connectivity index (χ1n) is 6.23. The molecule has 1 unspecified atom stereocenters. The van der Waals surface area contributed by atoms with Crippen molar-refractivity contribution in [1.29, 1.82) is 0 Å². The number of hydrogen-bond donors (Lipinski definition) is 1. The van der Waals surface area contributed by atoms with E-state index in [2.05, 4.69) is 24.2 Å². The highest BCUT2D eigenvalue weighted by atomic mass is 16.5. The van der Waals surface area contributed by atoms with Crippen molar-refractivity contribution in [2.24, 2.45) is 10.9 Å². The zero-order valence-electron chi connectivity index (χ0n) is 11.4. The molecule has 0 fully saturated rings. The maximum absolute atomic E-state index is 5.71. The third-order valence-corrected chi connectivity index (χ3v) is 3.17. The van der Waals surface area contributed by atoms with Gasteiger partial charge in [0.2, 0.25) is 5.90 Å². The molecule has 0 bridgehead atoms. The molecule has 4 heteroatoms. The zero-order chi connectivity index (χ0) is 13.1. The molecule has 0 saturated heterocycles. The first-order valence-corrected chi connectivity index (χ1v) is 6.23. The average molecular weight is 248 g/mol. The van der Waals surface area contributed by atoms with Crippen molar-refractivity contribution < 1.29 is 9.47 Å². The number of nitrogens with one attached hydrogen (secondary N) is 1. The summed E-state index contributed by atoms with van der Waals surface area (Å²) in [6, 6.07) is 6.11. The van der Waals surface area contributed by atoms with Crippen LogP contribution in [-0.2, 0) is 4.74 Å². The molecular weight excluding hydrogens is 228 g/mol. The smallest absolute Gasteiger partial charge is 0.218 e. The molecule has 0 aromatic heterocycles. The Kier molecular flexibility index (Phi) is 3.75. The predicted molar refractivity (Wildman–Crippen MR) is 73.7 cm³/mol. The lowest BCUT2D eigenvalue weighted by molar-refractivity contribution is 0.292. The number of nitrogens with zero attached hydrogens (tertiary/aromatic N) is 1. The summed E-state index contributed by atoms with van der Waals surface area (Å²) in [6.07, 6.45) is 0. The fourth-order valence-electron chi connectivity index (χ4n) is 2.02. The van der Waals surface area contributed by atoms with Crippen LogP contribution < -0.4 is 10.1 Å². The number of aliphatic imine (C=N–C) groups is 1. The minimum atomic E-state index is 0.246. The van der Waals surface area contributed by atoms with E-state index >= 15 is 0 Å². The Labute approximate surface area is 108 Å². The van der Waals surface area contributed by atoms with Crippen LogP contribution in [0.3, 0.4) is 0 Å². The van der Waals surface area contributed by atoms with Gasteiger partial charge in [-0.3, -0.25) is 0 Å². The SMILES string of the molecule is CNc1c(OC)cccc1C1=NC(C(C)C)CO1. The molecule has 0 amide bonds. The fraction of sp³-hybridized carbons (Fsp3) is 0.500. The van der Waals surface area contributed by atoms with Gasteiger partial charge in [0, 0.05) is 7.05 Å². The van der Waals surface area contributed by atoms with Gasteiger partial charge in [0.25, 0.3) is 0 Å². The quantitative estimate of drug-likeness (QED) is 0.890. The van der Waals surface area contributed by atoms with Gasteiger partial charge in [-0.05, 0) is 18.1 Å². The molecule has 1 aromatic carbocycles. The lowest BCUT2D eigenvalue weighted by Gasteiger charge is -2.12. The topological polar surface area (TPSA) is 42.8 Å². The second-order valence-corrected chi connectivity index (χ2v) is 4.69. The van der Waals surface area contributed by atoms with E-state index in [1.165, 1.54) is 0 Å². The Morgan fingerprint density at radius 2 is 2.22 bits per heavy atom. The van der Waals surface area contributed by atoms with Crippen LogP contribution in [0, 0.1) is 5.92 Å². The van der Waals surface area contributed by atoms with Gasteiger partial charge < -0.3 is 14.8 Å². The number of para-hydroxylation sites is 1. The van der Waals surface area contributed by atoms with Crippen molar-refractivity contribution in [3.05, 3.63) is 23.8 Å². The fourth-order valence-corrected chi connectivity index (χ4v) is 2.02. The summed E-state index contributed by atoms with van der Waals surface area (Å²) in [5.41, 5.74) is 1.88. The average Bonchev–Trinajstić information content (AvgIpc) is 2.87. The molecule has 1 aliphatic rings. The molecule has 0 spiro atoms. The van der Waals surface area contributed by atoms with E-state index in [1.807, 2.05) is 25.2 Å². The Morgan fingerprint density at radius 1 is 1.44 bits per heavy atom. The summed E-state index contributed by atoms with van der Waals surface area (Å²) in [5, 5.41) is 3.15. The van der Waals surface area contributed by atoms with E-state index in [-0.39, 0.29) is 6.04 Å². The monoisotopic (exact) mass is 248 g/mol. The molecule has 1 aromatic rings. The van der Waals surface area contributed by atoms with E-state index in [4.69, 9.17) is 9.47 Å². The normalized spacial score (nSPS) is 18.5. The molecule has 0 saturated carbocycles. The van der Waals surface area contributed by atoms with Crippen molar-refractivity contribution in [2.45, 2.75) is 19.9 Å². The van der Waals surface area contributed by atoms with Gasteiger partial charge in [-0.2, -0.15) is 0 Å². The zero-order valence-corrected chi connectivity index (χ0v) is 11.4. The van der Waals surface area contributed by atoms with Crippen molar-refractivity contribution in [2.75, 3.05) is 26.1 Å². The minimum Gasteiger partial charge on any atom is -0.495 e. The highest BCUT2D eigenvalue weighted by molar-refractivity contribution is 6.01. The summed E-state index contributed by atoms with van der Waals surface area (Å²) in [6.45, 7) is 4.98. The van der Waals surface area contributed by atoms with E-state index in [0.717, 1.165) is 17.0 Å². The van der Waals surface area contributed by atoms with Crippen LogP contribution >= 0.6 is 0 Å². The van der Waals surface area contributed by atoms with Crippen molar-refractivity contribution in [3.8, 4) is 5.75 Å². The lowest BCUT2D eigenvalue weighted by atomic mass is 10.1. The maximum atomic E-state index is 5.71. The summed E-state index contributed by atoms with van der Waals surface area (Å²) >= 11 is 0. The van der Waals surface area contributed by atoms with Gasteiger partial charge in [-0.15, -0.1) is 0 Å². The summed E-state index contributed by atoms with van der Waals surface area (Å²) in [7, 11) is 3.53. The van der Waals surface area contributed by atoms with Crippen LogP contribution in [0.15, 0.2) is 23.2 Å². The Morgan fingerprint density at radius 3 is 2.78 bits per heavy atom. The van der Waals surface area contributed by atoms with Crippen LogP contribution in [0.5, 0.6) is 5.75 Å². The molecule has 1 atom stereocenters. The largest absolute Gasteiger partial charge is 0.495 e. The maximum Gasteiger partial charge on any atom is 0.218 e. The molecule has 1 N–H and O–H groups in total. The van der Waals surface area contributed by atoms with Crippen molar-refractivity contribution in [3.63, 3.8) is 0 Å². The van der Waals surface area contributed by atoms with E-state index in [9.17, 15) is 0 Å². The van der Waals surface area contributed by atoms with Crippen LogP contribution in [0.2, 0.25) is 0 Å². The standard InChI is InChI=1S/C14H20N2O2/c1-9(2)11-8-18-14(16-11)10-6-5-7-12(17-4)13(10)15-3/h5-7,9,11,15H,8H2,1-4H3. The van der Waals surface area contributed by atoms with Gasteiger partial charge in [-0.1, -0.05) is 19.9 Å². The molecule has 0 radical (unpaired) electrons. The Bertz CT molecular complexity index is 455. The summed E-state index contributed by atoms with van der Waals surface area (Å²) in [5.74, 6) is 2.00. The van der Waals surface area contributed by atoms with Gasteiger partial charge in [0.05, 0.1) is 24.4 Å². The van der Waals surface area contributed by atoms with Gasteiger partial charge >= 0.3 is 0 Å². The molecule has 98 valence electrons. The van der Waals surface area contributed by atoms with Crippen LogP contribution in [0.25, 0.3) is 0 Å². The van der Waals surface area contributed by atoms with E-state index in [1.54, 1.807) is 7.11 Å². The molecule has 18 heavy (non-hydrogen) atoms.